The first-order valence-corrected chi connectivity index (χ1v) is 15.3. The van der Waals surface area contributed by atoms with E-state index in [4.69, 9.17) is 21.4 Å². The Morgan fingerprint density at radius 1 is 1.13 bits per heavy atom. The van der Waals surface area contributed by atoms with Gasteiger partial charge in [0.25, 0.3) is 0 Å². The summed E-state index contributed by atoms with van der Waals surface area (Å²) < 4.78 is 5.89. The lowest BCUT2D eigenvalue weighted by Crippen LogP contribution is -2.62. The zero-order valence-corrected chi connectivity index (χ0v) is 24.2. The number of aromatic nitrogens is 1. The van der Waals surface area contributed by atoms with Crippen LogP contribution >= 0.6 is 11.6 Å². The number of hydrogen-bond acceptors (Lipinski definition) is 5. The summed E-state index contributed by atoms with van der Waals surface area (Å²) in [6, 6.07) is 1.38. The third kappa shape index (κ3) is 4.56. The molecule has 0 radical (unpaired) electrons. The van der Waals surface area contributed by atoms with E-state index in [1.165, 1.54) is 37.9 Å². The maximum atomic E-state index is 11.9. The van der Waals surface area contributed by atoms with Crippen molar-refractivity contribution in [2.75, 3.05) is 6.61 Å². The molecule has 0 spiro atoms. The largest absolute Gasteiger partial charge is 0.478 e. The van der Waals surface area contributed by atoms with Crippen LogP contribution in [0, 0.1) is 52.3 Å². The van der Waals surface area contributed by atoms with E-state index in [1.807, 2.05) is 0 Å². The number of aromatic carboxylic acids is 1. The van der Waals surface area contributed by atoms with Gasteiger partial charge in [-0.25, -0.2) is 9.78 Å². The fourth-order valence-electron chi connectivity index (χ4n) is 10.1. The topological polar surface area (TPSA) is 99.9 Å². The molecule has 0 saturated heterocycles. The smallest absolute Gasteiger partial charge is 0.337 e. The van der Waals surface area contributed by atoms with Gasteiger partial charge in [0, 0.05) is 6.20 Å². The van der Waals surface area contributed by atoms with Crippen LogP contribution in [0.25, 0.3) is 0 Å². The second kappa shape index (κ2) is 10.6. The molecule has 5 rings (SSSR count). The van der Waals surface area contributed by atoms with Crippen molar-refractivity contribution in [1.82, 2.24) is 4.98 Å². The number of pyridine rings is 1. The lowest BCUT2D eigenvalue weighted by Gasteiger charge is -2.64. The summed E-state index contributed by atoms with van der Waals surface area (Å²) in [7, 11) is 0. The molecule has 212 valence electrons. The van der Waals surface area contributed by atoms with E-state index < -0.39 is 5.97 Å². The molecule has 0 aliphatic heterocycles. The molecule has 11 atom stereocenters. The number of carboxylic acids is 1. The van der Waals surface area contributed by atoms with E-state index in [9.17, 15) is 15.0 Å². The minimum Gasteiger partial charge on any atom is -0.478 e. The normalized spacial score (nSPS) is 43.0. The number of halogens is 1. The number of ether oxygens (including phenoxy) is 1. The Labute approximate surface area is 232 Å². The molecule has 0 amide bonds. The van der Waals surface area contributed by atoms with Crippen molar-refractivity contribution in [1.29, 1.82) is 0 Å². The summed E-state index contributed by atoms with van der Waals surface area (Å²) >= 11 is 6.21. The van der Waals surface area contributed by atoms with Gasteiger partial charge >= 0.3 is 5.97 Å². The molecule has 4 fully saturated rings. The predicted molar refractivity (Wildman–Crippen MR) is 147 cm³/mol. The second-order valence-electron chi connectivity index (χ2n) is 13.6. The third-order valence-electron chi connectivity index (χ3n) is 12.0. The first-order chi connectivity index (χ1) is 18.0. The molecule has 1 aromatic heterocycles. The van der Waals surface area contributed by atoms with E-state index in [-0.39, 0.29) is 45.4 Å². The number of aliphatic hydroxyl groups excluding tert-OH is 2. The van der Waals surface area contributed by atoms with Gasteiger partial charge in [0.1, 0.15) is 5.02 Å². The molecule has 4 aliphatic carbocycles. The molecule has 4 aliphatic rings. The molecule has 1 aromatic rings. The Morgan fingerprint density at radius 3 is 2.53 bits per heavy atom. The molecule has 7 heteroatoms. The van der Waals surface area contributed by atoms with Crippen LogP contribution in [0.15, 0.2) is 12.3 Å². The minimum absolute atomic E-state index is 0.0519. The quantitative estimate of drug-likeness (QED) is 0.362. The van der Waals surface area contributed by atoms with Gasteiger partial charge in [0.2, 0.25) is 5.88 Å². The molecule has 0 unspecified atom stereocenters. The number of nitrogens with zero attached hydrogens (tertiary/aromatic N) is 1. The Balaban J connectivity index is 1.28. The van der Waals surface area contributed by atoms with Crippen molar-refractivity contribution in [3.63, 3.8) is 0 Å². The maximum absolute atomic E-state index is 11.9. The lowest BCUT2D eigenvalue weighted by atomic mass is 9.41. The zero-order valence-electron chi connectivity index (χ0n) is 23.4. The fraction of sp³-hybridized carbons (Fsp3) is 0.806. The maximum Gasteiger partial charge on any atom is 0.337 e. The van der Waals surface area contributed by atoms with Gasteiger partial charge in [-0.3, -0.25) is 0 Å². The van der Waals surface area contributed by atoms with Crippen molar-refractivity contribution in [2.24, 2.45) is 52.3 Å². The highest BCUT2D eigenvalue weighted by molar-refractivity contribution is 6.32. The number of hydrogen-bond donors (Lipinski definition) is 3. The Morgan fingerprint density at radius 2 is 1.84 bits per heavy atom. The molecule has 6 nitrogen and oxygen atoms in total. The Bertz CT molecular complexity index is 1040. The van der Waals surface area contributed by atoms with Crippen LogP contribution in [0.2, 0.25) is 5.02 Å². The van der Waals surface area contributed by atoms with E-state index in [2.05, 4.69) is 32.7 Å². The van der Waals surface area contributed by atoms with Gasteiger partial charge in [-0.2, -0.15) is 0 Å². The van der Waals surface area contributed by atoms with Crippen LogP contribution in [0.5, 0.6) is 5.88 Å². The third-order valence-corrected chi connectivity index (χ3v) is 12.3. The van der Waals surface area contributed by atoms with Gasteiger partial charge in [0.05, 0.1) is 24.4 Å². The van der Waals surface area contributed by atoms with Crippen LogP contribution in [0.3, 0.4) is 0 Å². The fourth-order valence-corrected chi connectivity index (χ4v) is 10.3. The van der Waals surface area contributed by atoms with Gasteiger partial charge in [-0.15, -0.1) is 0 Å². The first kappa shape index (κ1) is 28.2. The van der Waals surface area contributed by atoms with E-state index >= 15 is 0 Å². The SMILES string of the molecule is CC[C@H]1[C@@H](O)[C@@H]2[C@H](CC[C@]3(C)[C@@H]([C@H](C)CCOc4ncc(C(=O)O)cc4Cl)CC[C@@H]23)[C@@]2(C)CC[C@@H](O)C[C@@H]12. The predicted octanol–water partition coefficient (Wildman–Crippen LogP) is 6.46. The van der Waals surface area contributed by atoms with Gasteiger partial charge in [-0.1, -0.05) is 45.7 Å². The standard InChI is InChI=1S/C31H46ClNO5/c1-5-20-24-15-19(34)8-11-31(24,4)23-9-12-30(3)21(6-7-22(30)26(23)27(20)35)17(2)10-13-38-28-25(32)14-18(16-33-28)29(36)37/h14,16-17,19-24,26-27,34-35H,5-13,15H2,1-4H3,(H,36,37)/t17-,19-,20-,21-,22+,23+,24+,26+,27-,30-,31-/m1/s1. The van der Waals surface area contributed by atoms with Crippen LogP contribution in [-0.4, -0.2) is 45.1 Å². The Hall–Kier alpha value is -1.37. The minimum atomic E-state index is -1.06. The van der Waals surface area contributed by atoms with Crippen molar-refractivity contribution in [3.8, 4) is 5.88 Å². The van der Waals surface area contributed by atoms with Crippen LogP contribution in [-0.2, 0) is 0 Å². The summed E-state index contributed by atoms with van der Waals surface area (Å²) in [4.78, 5) is 15.2. The molecule has 0 bridgehead atoms. The van der Waals surface area contributed by atoms with Crippen molar-refractivity contribution < 1.29 is 24.9 Å². The van der Waals surface area contributed by atoms with Gasteiger partial charge < -0.3 is 20.1 Å². The molecular weight excluding hydrogens is 502 g/mol. The monoisotopic (exact) mass is 547 g/mol. The number of aliphatic hydroxyl groups is 2. The molecule has 1 heterocycles. The number of rotatable bonds is 7. The summed E-state index contributed by atoms with van der Waals surface area (Å²) in [6.07, 6.45) is 10.3. The lowest BCUT2D eigenvalue weighted by molar-refractivity contribution is -0.203. The highest BCUT2D eigenvalue weighted by Crippen LogP contribution is 2.69. The number of carbonyl (C=O) groups is 1. The molecule has 3 N–H and O–H groups in total. The van der Waals surface area contributed by atoms with E-state index in [0.29, 0.717) is 42.1 Å². The molecule has 38 heavy (non-hydrogen) atoms. The number of fused-ring (bicyclic) bond motifs is 5. The van der Waals surface area contributed by atoms with E-state index in [0.717, 1.165) is 32.1 Å². The van der Waals surface area contributed by atoms with Crippen LogP contribution in [0.4, 0.5) is 0 Å². The van der Waals surface area contributed by atoms with Gasteiger partial charge in [0.15, 0.2) is 0 Å². The highest BCUT2D eigenvalue weighted by Gasteiger charge is 2.64. The van der Waals surface area contributed by atoms with Crippen LogP contribution in [0.1, 0.15) is 95.8 Å². The Kier molecular flexibility index (Phi) is 7.82. The average Bonchev–Trinajstić information content (AvgIpc) is 3.23. The zero-order chi connectivity index (χ0) is 27.4. The summed E-state index contributed by atoms with van der Waals surface area (Å²) in [5.74, 6) is 2.45. The van der Waals surface area contributed by atoms with E-state index in [1.54, 1.807) is 0 Å². The van der Waals surface area contributed by atoms with Crippen LogP contribution < -0.4 is 4.74 Å². The highest BCUT2D eigenvalue weighted by atomic mass is 35.5. The molecule has 4 saturated carbocycles. The summed E-state index contributed by atoms with van der Waals surface area (Å²) in [5, 5.41) is 31.7. The second-order valence-corrected chi connectivity index (χ2v) is 14.0. The van der Waals surface area contributed by atoms with Crippen molar-refractivity contribution in [2.45, 2.75) is 97.7 Å². The average molecular weight is 548 g/mol. The molecular formula is C31H46ClNO5. The van der Waals surface area contributed by atoms with Gasteiger partial charge in [-0.05, 0) is 110 Å². The molecule has 0 aromatic carbocycles. The summed E-state index contributed by atoms with van der Waals surface area (Å²) in [6.45, 7) is 10.0. The first-order valence-electron chi connectivity index (χ1n) is 14.9. The summed E-state index contributed by atoms with van der Waals surface area (Å²) in [5.41, 5.74) is 0.498. The number of carboxylic acid groups (broad SMARTS) is 1. The van der Waals surface area contributed by atoms with Crippen molar-refractivity contribution >= 4 is 17.6 Å². The van der Waals surface area contributed by atoms with Crippen molar-refractivity contribution in [3.05, 3.63) is 22.8 Å².